The number of aryl methyl sites for hydroxylation is 1. The molecule has 1 N–H and O–H groups in total. The van der Waals surface area contributed by atoms with Gasteiger partial charge in [-0.25, -0.2) is 0 Å². The predicted molar refractivity (Wildman–Crippen MR) is 71.2 cm³/mol. The fourth-order valence-corrected chi connectivity index (χ4v) is 2.71. The quantitative estimate of drug-likeness (QED) is 0.887. The van der Waals surface area contributed by atoms with Crippen molar-refractivity contribution in [3.8, 4) is 0 Å². The van der Waals surface area contributed by atoms with Gasteiger partial charge in [-0.3, -0.25) is 4.79 Å². The molecule has 18 heavy (non-hydrogen) atoms. The second-order valence-electron chi connectivity index (χ2n) is 4.94. The maximum absolute atomic E-state index is 12.0. The highest BCUT2D eigenvalue weighted by atomic mass is 16.3. The standard InChI is InChI=1S/C15H21NO2/c1-16(15(18)10-5-11-17)14-9-4-7-12-6-2-3-8-13(12)14/h2-3,6,8,14,17H,4-5,7,9-11H2,1H3. The van der Waals surface area contributed by atoms with E-state index >= 15 is 0 Å². The van der Waals surface area contributed by atoms with Gasteiger partial charge in [0.25, 0.3) is 0 Å². The molecule has 0 heterocycles. The van der Waals surface area contributed by atoms with Gasteiger partial charge in [0.15, 0.2) is 0 Å². The number of carbonyl (C=O) groups excluding carboxylic acids is 1. The van der Waals surface area contributed by atoms with Crippen LogP contribution in [0.2, 0.25) is 0 Å². The van der Waals surface area contributed by atoms with E-state index in [0.717, 1.165) is 19.3 Å². The van der Waals surface area contributed by atoms with Gasteiger partial charge in [-0.2, -0.15) is 0 Å². The van der Waals surface area contributed by atoms with Crippen molar-refractivity contribution in [1.29, 1.82) is 0 Å². The van der Waals surface area contributed by atoms with E-state index < -0.39 is 0 Å². The average Bonchev–Trinajstić information content (AvgIpc) is 2.43. The lowest BCUT2D eigenvalue weighted by Gasteiger charge is -2.33. The van der Waals surface area contributed by atoms with Crippen LogP contribution in [0.3, 0.4) is 0 Å². The van der Waals surface area contributed by atoms with E-state index in [-0.39, 0.29) is 18.6 Å². The first-order valence-corrected chi connectivity index (χ1v) is 6.68. The van der Waals surface area contributed by atoms with E-state index in [1.807, 2.05) is 18.0 Å². The minimum Gasteiger partial charge on any atom is -0.396 e. The molecule has 0 saturated heterocycles. The van der Waals surface area contributed by atoms with Crippen LogP contribution in [-0.2, 0) is 11.2 Å². The summed E-state index contributed by atoms with van der Waals surface area (Å²) in [7, 11) is 1.88. The van der Waals surface area contributed by atoms with E-state index in [0.29, 0.717) is 12.8 Å². The Bertz CT molecular complexity index is 417. The summed E-state index contributed by atoms with van der Waals surface area (Å²) in [6.07, 6.45) is 4.28. The molecule has 3 nitrogen and oxygen atoms in total. The van der Waals surface area contributed by atoms with Gasteiger partial charge in [0.1, 0.15) is 0 Å². The highest BCUT2D eigenvalue weighted by Gasteiger charge is 2.25. The van der Waals surface area contributed by atoms with Gasteiger partial charge in [-0.1, -0.05) is 24.3 Å². The molecule has 0 aliphatic heterocycles. The fraction of sp³-hybridized carbons (Fsp3) is 0.533. The lowest BCUT2D eigenvalue weighted by atomic mass is 9.87. The van der Waals surface area contributed by atoms with Gasteiger partial charge < -0.3 is 10.0 Å². The van der Waals surface area contributed by atoms with Gasteiger partial charge in [0.05, 0.1) is 6.04 Å². The SMILES string of the molecule is CN(C(=O)CCCO)C1CCCc2ccccc21. The second kappa shape index (κ2) is 6.01. The van der Waals surface area contributed by atoms with Gasteiger partial charge in [-0.15, -0.1) is 0 Å². The Morgan fingerprint density at radius 3 is 3.00 bits per heavy atom. The zero-order valence-electron chi connectivity index (χ0n) is 10.9. The van der Waals surface area contributed by atoms with Crippen molar-refractivity contribution < 1.29 is 9.90 Å². The molecular formula is C15H21NO2. The molecule has 1 unspecified atom stereocenters. The summed E-state index contributed by atoms with van der Waals surface area (Å²) in [4.78, 5) is 13.9. The van der Waals surface area contributed by atoms with E-state index in [1.165, 1.54) is 11.1 Å². The Morgan fingerprint density at radius 1 is 1.44 bits per heavy atom. The summed E-state index contributed by atoms with van der Waals surface area (Å²) in [6, 6.07) is 8.61. The van der Waals surface area contributed by atoms with Crippen molar-refractivity contribution in [2.75, 3.05) is 13.7 Å². The number of fused-ring (bicyclic) bond motifs is 1. The normalized spacial score (nSPS) is 18.2. The van der Waals surface area contributed by atoms with Crippen LogP contribution in [-0.4, -0.2) is 29.6 Å². The number of carbonyl (C=O) groups is 1. The molecular weight excluding hydrogens is 226 g/mol. The number of benzene rings is 1. The molecule has 1 aromatic carbocycles. The molecule has 1 aliphatic carbocycles. The number of rotatable bonds is 4. The maximum Gasteiger partial charge on any atom is 0.222 e. The first-order chi connectivity index (χ1) is 8.74. The molecule has 1 atom stereocenters. The molecule has 0 bridgehead atoms. The fourth-order valence-electron chi connectivity index (χ4n) is 2.71. The van der Waals surface area contributed by atoms with Crippen molar-refractivity contribution in [3.05, 3.63) is 35.4 Å². The number of hydrogen-bond acceptors (Lipinski definition) is 2. The summed E-state index contributed by atoms with van der Waals surface area (Å²) in [6.45, 7) is 0.0842. The largest absolute Gasteiger partial charge is 0.396 e. The third-order valence-electron chi connectivity index (χ3n) is 3.75. The number of hydrogen-bond donors (Lipinski definition) is 1. The number of nitrogens with zero attached hydrogens (tertiary/aromatic N) is 1. The van der Waals surface area contributed by atoms with E-state index in [4.69, 9.17) is 5.11 Å². The van der Waals surface area contributed by atoms with Crippen molar-refractivity contribution in [2.45, 2.75) is 38.1 Å². The van der Waals surface area contributed by atoms with Gasteiger partial charge >= 0.3 is 0 Å². The molecule has 0 saturated carbocycles. The Labute approximate surface area is 108 Å². The topological polar surface area (TPSA) is 40.5 Å². The lowest BCUT2D eigenvalue weighted by molar-refractivity contribution is -0.132. The summed E-state index contributed by atoms with van der Waals surface area (Å²) in [5.41, 5.74) is 2.67. The number of aliphatic hydroxyl groups excluding tert-OH is 1. The zero-order valence-corrected chi connectivity index (χ0v) is 10.9. The smallest absolute Gasteiger partial charge is 0.222 e. The highest BCUT2D eigenvalue weighted by molar-refractivity contribution is 5.76. The minimum absolute atomic E-state index is 0.0842. The van der Waals surface area contributed by atoms with Crippen LogP contribution in [0.25, 0.3) is 0 Å². The van der Waals surface area contributed by atoms with Gasteiger partial charge in [0.2, 0.25) is 5.91 Å². The average molecular weight is 247 g/mol. The van der Waals surface area contributed by atoms with Crippen LogP contribution in [0, 0.1) is 0 Å². The van der Waals surface area contributed by atoms with E-state index in [9.17, 15) is 4.79 Å². The highest BCUT2D eigenvalue weighted by Crippen LogP contribution is 2.33. The Balaban J connectivity index is 2.12. The molecule has 2 rings (SSSR count). The van der Waals surface area contributed by atoms with Crippen molar-refractivity contribution >= 4 is 5.91 Å². The number of amides is 1. The molecule has 3 heteroatoms. The van der Waals surface area contributed by atoms with Crippen molar-refractivity contribution in [2.24, 2.45) is 0 Å². The Morgan fingerprint density at radius 2 is 2.22 bits per heavy atom. The summed E-state index contributed by atoms with van der Waals surface area (Å²) < 4.78 is 0. The summed E-state index contributed by atoms with van der Waals surface area (Å²) in [5, 5.41) is 8.79. The second-order valence-corrected chi connectivity index (χ2v) is 4.94. The Hall–Kier alpha value is -1.35. The third-order valence-corrected chi connectivity index (χ3v) is 3.75. The molecule has 98 valence electrons. The first-order valence-electron chi connectivity index (χ1n) is 6.68. The molecule has 1 aliphatic rings. The van der Waals surface area contributed by atoms with E-state index in [1.54, 1.807) is 0 Å². The first kappa shape index (κ1) is 13.1. The van der Waals surface area contributed by atoms with Crippen LogP contribution in [0.1, 0.15) is 42.9 Å². The molecule has 1 amide bonds. The van der Waals surface area contributed by atoms with E-state index in [2.05, 4.69) is 18.2 Å². The molecule has 0 spiro atoms. The molecule has 1 aromatic rings. The monoisotopic (exact) mass is 247 g/mol. The number of aliphatic hydroxyl groups is 1. The maximum atomic E-state index is 12.0. The van der Waals surface area contributed by atoms with Crippen LogP contribution in [0.5, 0.6) is 0 Å². The lowest BCUT2D eigenvalue weighted by Crippen LogP contribution is -2.33. The van der Waals surface area contributed by atoms with Crippen molar-refractivity contribution in [3.63, 3.8) is 0 Å². The van der Waals surface area contributed by atoms with Gasteiger partial charge in [-0.05, 0) is 36.8 Å². The molecule has 0 radical (unpaired) electrons. The summed E-state index contributed by atoms with van der Waals surface area (Å²) >= 11 is 0. The summed E-state index contributed by atoms with van der Waals surface area (Å²) in [5.74, 6) is 0.130. The van der Waals surface area contributed by atoms with Crippen LogP contribution in [0.15, 0.2) is 24.3 Å². The zero-order chi connectivity index (χ0) is 13.0. The molecule has 0 fully saturated rings. The van der Waals surface area contributed by atoms with Crippen LogP contribution >= 0.6 is 0 Å². The minimum atomic E-state index is 0.0842. The van der Waals surface area contributed by atoms with Crippen molar-refractivity contribution in [1.82, 2.24) is 4.90 Å². The van der Waals surface area contributed by atoms with Gasteiger partial charge in [0, 0.05) is 20.1 Å². The third kappa shape index (κ3) is 2.72. The van der Waals surface area contributed by atoms with Crippen LogP contribution < -0.4 is 0 Å². The van der Waals surface area contributed by atoms with Crippen LogP contribution in [0.4, 0.5) is 0 Å². The Kier molecular flexibility index (Phi) is 4.37. The molecule has 0 aromatic heterocycles. The predicted octanol–water partition coefficient (Wildman–Crippen LogP) is 2.29.